The second-order valence-electron chi connectivity index (χ2n) is 6.15. The molecule has 2 rings (SSSR count). The van der Waals surface area contributed by atoms with E-state index in [4.69, 9.17) is 0 Å². The fourth-order valence-corrected chi connectivity index (χ4v) is 2.56. The van der Waals surface area contributed by atoms with Gasteiger partial charge in [-0.25, -0.2) is 4.39 Å². The molecule has 0 heterocycles. The van der Waals surface area contributed by atoms with Gasteiger partial charge in [-0.1, -0.05) is 35.8 Å². The lowest BCUT2D eigenvalue weighted by Crippen LogP contribution is -2.47. The number of aryl methyl sites for hydroxylation is 1. The van der Waals surface area contributed by atoms with Gasteiger partial charge < -0.3 is 10.6 Å². The van der Waals surface area contributed by atoms with Crippen LogP contribution in [0.5, 0.6) is 0 Å². The molecule has 0 aromatic heterocycles. The minimum atomic E-state index is -0.737. The molecule has 0 bridgehead atoms. The monoisotopic (exact) mass is 406 g/mol. The van der Waals surface area contributed by atoms with E-state index in [1.54, 1.807) is 37.3 Å². The third-order valence-corrected chi connectivity index (χ3v) is 4.33. The minimum Gasteiger partial charge on any atom is -0.340 e. The lowest BCUT2D eigenvalue weighted by atomic mass is 10.0. The normalized spacial score (nSPS) is 11.9. The molecular weight excluding hydrogens is 387 g/mol. The highest BCUT2D eigenvalue weighted by Gasteiger charge is 2.25. The molecule has 2 amide bonds. The summed E-state index contributed by atoms with van der Waals surface area (Å²) in [7, 11) is 0. The first-order valence-electron chi connectivity index (χ1n) is 7.91. The lowest BCUT2D eigenvalue weighted by Gasteiger charge is -2.22. The largest absolute Gasteiger partial charge is 0.340 e. The first kappa shape index (κ1) is 19.1. The first-order valence-corrected chi connectivity index (χ1v) is 8.70. The Kier molecular flexibility index (Phi) is 6.31. The van der Waals surface area contributed by atoms with E-state index in [2.05, 4.69) is 26.6 Å². The topological polar surface area (TPSA) is 58.2 Å². The molecule has 0 fully saturated rings. The van der Waals surface area contributed by atoms with Crippen LogP contribution in [-0.4, -0.2) is 17.9 Å². The Hall–Kier alpha value is -2.21. The number of anilines is 1. The molecule has 0 spiro atoms. The number of hydrogen-bond donors (Lipinski definition) is 2. The van der Waals surface area contributed by atoms with Crippen LogP contribution in [-0.2, 0) is 4.79 Å². The van der Waals surface area contributed by atoms with Gasteiger partial charge in [0, 0.05) is 15.7 Å². The Morgan fingerprint density at radius 2 is 1.72 bits per heavy atom. The molecular formula is C19H20BrFN2O2. The molecule has 0 aliphatic carbocycles. The molecule has 0 unspecified atom stereocenters. The van der Waals surface area contributed by atoms with Gasteiger partial charge in [0.25, 0.3) is 5.91 Å². The van der Waals surface area contributed by atoms with Gasteiger partial charge in [0.15, 0.2) is 0 Å². The average Bonchev–Trinajstić information content (AvgIpc) is 2.56. The highest BCUT2D eigenvalue weighted by atomic mass is 79.9. The maximum Gasteiger partial charge on any atom is 0.251 e. The van der Waals surface area contributed by atoms with E-state index in [0.29, 0.717) is 11.3 Å². The summed E-state index contributed by atoms with van der Waals surface area (Å²) in [5.74, 6) is -1.28. The maximum atomic E-state index is 13.4. The average molecular weight is 407 g/mol. The summed E-state index contributed by atoms with van der Waals surface area (Å²) in [4.78, 5) is 25.0. The molecule has 4 nitrogen and oxygen atoms in total. The predicted molar refractivity (Wildman–Crippen MR) is 100 cm³/mol. The van der Waals surface area contributed by atoms with Crippen molar-refractivity contribution >= 4 is 33.4 Å². The smallest absolute Gasteiger partial charge is 0.251 e. The lowest BCUT2D eigenvalue weighted by molar-refractivity contribution is -0.118. The van der Waals surface area contributed by atoms with E-state index >= 15 is 0 Å². The Balaban J connectivity index is 2.14. The van der Waals surface area contributed by atoms with E-state index in [1.807, 2.05) is 13.8 Å². The van der Waals surface area contributed by atoms with Crippen LogP contribution >= 0.6 is 15.9 Å². The summed E-state index contributed by atoms with van der Waals surface area (Å²) in [6.45, 7) is 5.45. The van der Waals surface area contributed by atoms with Gasteiger partial charge in [-0.15, -0.1) is 0 Å². The summed E-state index contributed by atoms with van der Waals surface area (Å²) in [6, 6.07) is 10.3. The van der Waals surface area contributed by atoms with E-state index < -0.39 is 11.9 Å². The van der Waals surface area contributed by atoms with Crippen LogP contribution in [0, 0.1) is 18.7 Å². The standard InChI is InChI=1S/C19H20BrFN2O2/c1-11(2)17(23-18(24)13-5-7-14(20)8-6-13)19(25)22-16-10-15(21)9-4-12(16)3/h4-11,17H,1-3H3,(H,22,25)(H,23,24)/t17-/m1/s1. The third-order valence-electron chi connectivity index (χ3n) is 3.80. The zero-order valence-electron chi connectivity index (χ0n) is 14.3. The molecule has 0 saturated heterocycles. The predicted octanol–water partition coefficient (Wildman–Crippen LogP) is 4.29. The molecule has 2 aromatic rings. The van der Waals surface area contributed by atoms with Crippen LogP contribution in [0.1, 0.15) is 29.8 Å². The van der Waals surface area contributed by atoms with Crippen LogP contribution in [0.25, 0.3) is 0 Å². The second kappa shape index (κ2) is 8.25. The van der Waals surface area contributed by atoms with Crippen molar-refractivity contribution in [1.82, 2.24) is 5.32 Å². The van der Waals surface area contributed by atoms with Crippen molar-refractivity contribution in [2.75, 3.05) is 5.32 Å². The van der Waals surface area contributed by atoms with Crippen molar-refractivity contribution in [2.45, 2.75) is 26.8 Å². The number of carbonyl (C=O) groups excluding carboxylic acids is 2. The number of benzene rings is 2. The third kappa shape index (κ3) is 5.13. The van der Waals surface area contributed by atoms with E-state index in [9.17, 15) is 14.0 Å². The van der Waals surface area contributed by atoms with E-state index in [0.717, 1.165) is 10.0 Å². The van der Waals surface area contributed by atoms with E-state index in [-0.39, 0.29) is 17.7 Å². The molecule has 0 aliphatic heterocycles. The van der Waals surface area contributed by atoms with Crippen LogP contribution < -0.4 is 10.6 Å². The number of nitrogens with one attached hydrogen (secondary N) is 2. The van der Waals surface area contributed by atoms with Crippen molar-refractivity contribution in [3.8, 4) is 0 Å². The zero-order chi connectivity index (χ0) is 18.6. The number of amides is 2. The number of carbonyl (C=O) groups is 2. The summed E-state index contributed by atoms with van der Waals surface area (Å²) in [5, 5.41) is 5.44. The van der Waals surface area contributed by atoms with Gasteiger partial charge in [0.2, 0.25) is 5.91 Å². The molecule has 1 atom stereocenters. The molecule has 132 valence electrons. The van der Waals surface area contributed by atoms with Crippen molar-refractivity contribution in [3.05, 3.63) is 63.9 Å². The molecule has 0 aliphatic rings. The minimum absolute atomic E-state index is 0.131. The van der Waals surface area contributed by atoms with Crippen LogP contribution in [0.3, 0.4) is 0 Å². The van der Waals surface area contributed by atoms with Crippen LogP contribution in [0.2, 0.25) is 0 Å². The van der Waals surface area contributed by atoms with Crippen molar-refractivity contribution in [2.24, 2.45) is 5.92 Å². The molecule has 2 aromatic carbocycles. The molecule has 6 heteroatoms. The number of halogens is 2. The zero-order valence-corrected chi connectivity index (χ0v) is 15.9. The SMILES string of the molecule is Cc1ccc(F)cc1NC(=O)[C@H](NC(=O)c1ccc(Br)cc1)C(C)C. The highest BCUT2D eigenvalue weighted by Crippen LogP contribution is 2.17. The van der Waals surface area contributed by atoms with Crippen molar-refractivity contribution < 1.29 is 14.0 Å². The molecule has 25 heavy (non-hydrogen) atoms. The van der Waals surface area contributed by atoms with E-state index in [1.165, 1.54) is 12.1 Å². The summed E-state index contributed by atoms with van der Waals surface area (Å²) < 4.78 is 14.3. The quantitative estimate of drug-likeness (QED) is 0.777. The summed E-state index contributed by atoms with van der Waals surface area (Å²) in [5.41, 5.74) is 1.61. The molecule has 2 N–H and O–H groups in total. The van der Waals surface area contributed by atoms with Gasteiger partial charge in [0.05, 0.1) is 0 Å². The fourth-order valence-electron chi connectivity index (χ4n) is 2.30. The number of rotatable bonds is 5. The number of hydrogen-bond acceptors (Lipinski definition) is 2. The van der Waals surface area contributed by atoms with Crippen LogP contribution in [0.15, 0.2) is 46.9 Å². The molecule has 0 radical (unpaired) electrons. The maximum absolute atomic E-state index is 13.4. The Bertz CT molecular complexity index is 775. The van der Waals surface area contributed by atoms with Gasteiger partial charge in [-0.3, -0.25) is 9.59 Å². The fraction of sp³-hybridized carbons (Fsp3) is 0.263. The van der Waals surface area contributed by atoms with Gasteiger partial charge >= 0.3 is 0 Å². The second-order valence-corrected chi connectivity index (χ2v) is 7.07. The Labute approximate surface area is 154 Å². The summed E-state index contributed by atoms with van der Waals surface area (Å²) >= 11 is 3.32. The first-order chi connectivity index (χ1) is 11.8. The van der Waals surface area contributed by atoms with Crippen molar-refractivity contribution in [1.29, 1.82) is 0 Å². The van der Waals surface area contributed by atoms with Crippen LogP contribution in [0.4, 0.5) is 10.1 Å². The Morgan fingerprint density at radius 1 is 1.08 bits per heavy atom. The molecule has 0 saturated carbocycles. The van der Waals surface area contributed by atoms with Crippen molar-refractivity contribution in [3.63, 3.8) is 0 Å². The summed E-state index contributed by atoms with van der Waals surface area (Å²) in [6.07, 6.45) is 0. The van der Waals surface area contributed by atoms with Gasteiger partial charge in [-0.05, 0) is 54.8 Å². The van der Waals surface area contributed by atoms with Gasteiger partial charge in [0.1, 0.15) is 11.9 Å². The highest BCUT2D eigenvalue weighted by molar-refractivity contribution is 9.10. The van der Waals surface area contributed by atoms with Gasteiger partial charge in [-0.2, -0.15) is 0 Å². The Morgan fingerprint density at radius 3 is 2.32 bits per heavy atom.